The Morgan fingerprint density at radius 1 is 1.00 bits per heavy atom. The molecule has 1 aromatic heterocycles. The van der Waals surface area contributed by atoms with Crippen LogP contribution < -0.4 is 20.1 Å². The minimum absolute atomic E-state index is 0.109. The number of hydrogen-bond acceptors (Lipinski definition) is 3. The van der Waals surface area contributed by atoms with Crippen LogP contribution in [0.4, 0.5) is 10.5 Å². The number of aromatic nitrogens is 1. The Labute approximate surface area is 191 Å². The van der Waals surface area contributed by atoms with Crippen molar-refractivity contribution in [3.63, 3.8) is 0 Å². The summed E-state index contributed by atoms with van der Waals surface area (Å²) < 4.78 is 10.9. The lowest BCUT2D eigenvalue weighted by Gasteiger charge is -2.20. The molecule has 0 aliphatic carbocycles. The van der Waals surface area contributed by atoms with Gasteiger partial charge in [0.2, 0.25) is 0 Å². The summed E-state index contributed by atoms with van der Waals surface area (Å²) in [7, 11) is 3.22. The van der Waals surface area contributed by atoms with Gasteiger partial charge in [-0.2, -0.15) is 0 Å². The van der Waals surface area contributed by atoms with Gasteiger partial charge in [-0.1, -0.05) is 35.9 Å². The molecule has 0 fully saturated rings. The maximum Gasteiger partial charge on any atom is 0.319 e. The van der Waals surface area contributed by atoms with Gasteiger partial charge in [-0.3, -0.25) is 0 Å². The molecule has 0 unspecified atom stereocenters. The van der Waals surface area contributed by atoms with Crippen molar-refractivity contribution in [3.8, 4) is 11.5 Å². The van der Waals surface area contributed by atoms with E-state index in [0.717, 1.165) is 22.0 Å². The smallest absolute Gasteiger partial charge is 0.319 e. The van der Waals surface area contributed by atoms with Gasteiger partial charge >= 0.3 is 6.03 Å². The lowest BCUT2D eigenvalue weighted by atomic mass is 9.90. The van der Waals surface area contributed by atoms with Crippen molar-refractivity contribution in [1.82, 2.24) is 10.3 Å². The first-order valence-electron chi connectivity index (χ1n) is 10.2. The molecule has 32 heavy (non-hydrogen) atoms. The Hall–Kier alpha value is -3.64. The van der Waals surface area contributed by atoms with Gasteiger partial charge < -0.3 is 25.1 Å². The molecule has 0 aliphatic rings. The molecule has 0 spiro atoms. The lowest BCUT2D eigenvalue weighted by Crippen LogP contribution is -2.32. The molecule has 3 N–H and O–H groups in total. The number of ether oxygens (including phenoxy) is 2. The minimum atomic E-state index is -0.294. The highest BCUT2D eigenvalue weighted by molar-refractivity contribution is 6.30. The van der Waals surface area contributed by atoms with Gasteiger partial charge in [0, 0.05) is 40.3 Å². The quantitative estimate of drug-likeness (QED) is 0.334. The average molecular weight is 450 g/mol. The molecule has 1 atom stereocenters. The minimum Gasteiger partial charge on any atom is -0.493 e. The van der Waals surface area contributed by atoms with Gasteiger partial charge in [0.1, 0.15) is 0 Å². The lowest BCUT2D eigenvalue weighted by molar-refractivity contribution is 0.252. The molecular weight excluding hydrogens is 426 g/mol. The van der Waals surface area contributed by atoms with Gasteiger partial charge in [-0.05, 0) is 53.6 Å². The van der Waals surface area contributed by atoms with E-state index in [2.05, 4.69) is 21.7 Å². The number of halogens is 1. The van der Waals surface area contributed by atoms with Crippen LogP contribution in [0.5, 0.6) is 11.5 Å². The van der Waals surface area contributed by atoms with E-state index in [0.29, 0.717) is 28.8 Å². The fourth-order valence-electron chi connectivity index (χ4n) is 3.76. The first kappa shape index (κ1) is 21.6. The number of carbonyl (C=O) groups is 1. The maximum atomic E-state index is 12.6. The zero-order chi connectivity index (χ0) is 22.5. The molecule has 4 aromatic rings. The highest BCUT2D eigenvalue weighted by Crippen LogP contribution is 2.35. The number of para-hydroxylation sites is 1. The Morgan fingerprint density at radius 2 is 1.75 bits per heavy atom. The number of nitrogens with one attached hydrogen (secondary N) is 3. The number of rotatable bonds is 7. The summed E-state index contributed by atoms with van der Waals surface area (Å²) in [4.78, 5) is 15.9. The van der Waals surface area contributed by atoms with Gasteiger partial charge in [0.05, 0.1) is 14.2 Å². The van der Waals surface area contributed by atoms with E-state index >= 15 is 0 Å². The zero-order valence-corrected chi connectivity index (χ0v) is 18.6. The highest BCUT2D eigenvalue weighted by Gasteiger charge is 2.21. The second-order valence-corrected chi connectivity index (χ2v) is 7.73. The largest absolute Gasteiger partial charge is 0.493 e. The number of methoxy groups -OCH3 is 2. The van der Waals surface area contributed by atoms with Crippen molar-refractivity contribution in [3.05, 3.63) is 89.1 Å². The van der Waals surface area contributed by atoms with Crippen LogP contribution >= 0.6 is 11.6 Å². The number of fused-ring (bicyclic) bond motifs is 1. The standard InChI is InChI=1S/C25H24ClN3O3/c1-31-23-12-7-16(13-24(23)32-2)20(21-15-27-22-6-4-3-5-19(21)22)14-28-25(30)29-18-10-8-17(26)9-11-18/h3-13,15,20,27H,14H2,1-2H3,(H2,28,29,30)/t20-/m1/s1. The molecule has 4 rings (SSSR count). The number of aromatic amines is 1. The molecule has 6 nitrogen and oxygen atoms in total. The van der Waals surface area contributed by atoms with Crippen molar-refractivity contribution in [2.24, 2.45) is 0 Å². The highest BCUT2D eigenvalue weighted by atomic mass is 35.5. The van der Waals surface area contributed by atoms with Crippen LogP contribution in [-0.4, -0.2) is 31.8 Å². The Balaban J connectivity index is 1.62. The monoisotopic (exact) mass is 449 g/mol. The molecule has 164 valence electrons. The summed E-state index contributed by atoms with van der Waals surface area (Å²) >= 11 is 5.92. The normalized spacial score (nSPS) is 11.7. The van der Waals surface area contributed by atoms with E-state index in [-0.39, 0.29) is 11.9 Å². The van der Waals surface area contributed by atoms with Gasteiger partial charge in [0.25, 0.3) is 0 Å². The van der Waals surface area contributed by atoms with E-state index in [1.165, 1.54) is 0 Å². The van der Waals surface area contributed by atoms with Crippen LogP contribution in [0.3, 0.4) is 0 Å². The molecular formula is C25H24ClN3O3. The van der Waals surface area contributed by atoms with Crippen LogP contribution in [0.1, 0.15) is 17.0 Å². The summed E-state index contributed by atoms with van der Waals surface area (Å²) in [5.74, 6) is 1.18. The molecule has 0 bridgehead atoms. The maximum absolute atomic E-state index is 12.6. The average Bonchev–Trinajstić information content (AvgIpc) is 3.24. The molecule has 0 saturated carbocycles. The first-order valence-corrected chi connectivity index (χ1v) is 10.5. The first-order chi connectivity index (χ1) is 15.6. The van der Waals surface area contributed by atoms with Crippen LogP contribution in [0.15, 0.2) is 72.9 Å². The van der Waals surface area contributed by atoms with E-state index in [1.54, 1.807) is 38.5 Å². The number of carbonyl (C=O) groups excluding carboxylic acids is 1. The molecule has 0 radical (unpaired) electrons. The third kappa shape index (κ3) is 4.65. The number of urea groups is 1. The third-order valence-electron chi connectivity index (χ3n) is 5.38. The Bertz CT molecular complexity index is 1220. The molecule has 7 heteroatoms. The molecule has 0 saturated heterocycles. The topological polar surface area (TPSA) is 75.4 Å². The Morgan fingerprint density at radius 3 is 2.50 bits per heavy atom. The fourth-order valence-corrected chi connectivity index (χ4v) is 3.89. The number of amides is 2. The van der Waals surface area contributed by atoms with Crippen molar-refractivity contribution in [2.45, 2.75) is 5.92 Å². The molecule has 0 aliphatic heterocycles. The number of hydrogen-bond donors (Lipinski definition) is 3. The molecule has 1 heterocycles. The second kappa shape index (κ2) is 9.66. The van der Waals surface area contributed by atoms with Crippen LogP contribution in [-0.2, 0) is 0 Å². The molecule has 3 aromatic carbocycles. The van der Waals surface area contributed by atoms with Crippen molar-refractivity contribution < 1.29 is 14.3 Å². The fraction of sp³-hybridized carbons (Fsp3) is 0.160. The summed E-state index contributed by atoms with van der Waals surface area (Å²) in [6, 6.07) is 20.6. The van der Waals surface area contributed by atoms with E-state index in [9.17, 15) is 4.79 Å². The predicted molar refractivity (Wildman–Crippen MR) is 128 cm³/mol. The zero-order valence-electron chi connectivity index (χ0n) is 17.8. The SMILES string of the molecule is COc1ccc([C@@H](CNC(=O)Nc2ccc(Cl)cc2)c2c[nH]c3ccccc23)cc1OC. The van der Waals surface area contributed by atoms with E-state index in [4.69, 9.17) is 21.1 Å². The summed E-state index contributed by atoms with van der Waals surface area (Å²) in [6.45, 7) is 0.386. The number of benzene rings is 3. The summed E-state index contributed by atoms with van der Waals surface area (Å²) in [5, 5.41) is 7.55. The van der Waals surface area contributed by atoms with Crippen molar-refractivity contribution >= 4 is 34.2 Å². The van der Waals surface area contributed by atoms with Crippen molar-refractivity contribution in [1.29, 1.82) is 0 Å². The predicted octanol–water partition coefficient (Wildman–Crippen LogP) is 5.79. The number of anilines is 1. The second-order valence-electron chi connectivity index (χ2n) is 7.30. The van der Waals surface area contributed by atoms with Gasteiger partial charge in [-0.25, -0.2) is 4.79 Å². The molecule has 2 amide bonds. The van der Waals surface area contributed by atoms with Gasteiger partial charge in [-0.15, -0.1) is 0 Å². The summed E-state index contributed by atoms with van der Waals surface area (Å²) in [6.07, 6.45) is 1.99. The number of H-pyrrole nitrogens is 1. The van der Waals surface area contributed by atoms with Crippen molar-refractivity contribution in [2.75, 3.05) is 26.1 Å². The Kier molecular flexibility index (Phi) is 6.52. The van der Waals surface area contributed by atoms with Gasteiger partial charge in [0.15, 0.2) is 11.5 Å². The van der Waals surface area contributed by atoms with Crippen LogP contribution in [0.2, 0.25) is 5.02 Å². The van der Waals surface area contributed by atoms with Crippen LogP contribution in [0, 0.1) is 0 Å². The van der Waals surface area contributed by atoms with Crippen LogP contribution in [0.25, 0.3) is 10.9 Å². The van der Waals surface area contributed by atoms with E-state index < -0.39 is 0 Å². The third-order valence-corrected chi connectivity index (χ3v) is 5.63. The summed E-state index contributed by atoms with van der Waals surface area (Å²) in [5.41, 5.74) is 3.79. The van der Waals surface area contributed by atoms with E-state index in [1.807, 2.05) is 42.6 Å².